The molecule has 1 aliphatic rings. The molecule has 0 amide bonds. The zero-order chi connectivity index (χ0) is 41.1. The molecule has 0 bridgehead atoms. The van der Waals surface area contributed by atoms with Crippen LogP contribution in [-0.4, -0.2) is 83.0 Å². The molecule has 1 saturated heterocycles. The monoisotopic (exact) mass is 868 g/mol. The van der Waals surface area contributed by atoms with Crippen molar-refractivity contribution in [3.05, 3.63) is 40.6 Å². The lowest BCUT2D eigenvalue weighted by molar-refractivity contribution is -0.291. The Kier molecular flexibility index (Phi) is 11.2. The summed E-state index contributed by atoms with van der Waals surface area (Å²) in [6.45, 7) is -0.224. The summed E-state index contributed by atoms with van der Waals surface area (Å²) >= 11 is 2.98. The molecule has 4 aromatic rings. The lowest BCUT2D eigenvalue weighted by Crippen LogP contribution is -2.41. The van der Waals surface area contributed by atoms with Crippen molar-refractivity contribution in [2.24, 2.45) is 14.1 Å². The van der Waals surface area contributed by atoms with E-state index >= 15 is 0 Å². The van der Waals surface area contributed by atoms with Crippen molar-refractivity contribution in [3.8, 4) is 23.1 Å². The van der Waals surface area contributed by atoms with Crippen LogP contribution in [0, 0.1) is 0 Å². The van der Waals surface area contributed by atoms with Crippen molar-refractivity contribution in [1.29, 1.82) is 0 Å². The minimum atomic E-state index is -6.09. The van der Waals surface area contributed by atoms with E-state index in [-0.39, 0.29) is 5.46 Å². The van der Waals surface area contributed by atoms with Gasteiger partial charge in [-0.05, 0) is 43.6 Å². The van der Waals surface area contributed by atoms with Crippen molar-refractivity contribution < 1.29 is 80.2 Å². The number of ether oxygens (including phenoxy) is 2. The number of nitrogens with zero attached hydrogens (tertiary/aromatic N) is 8. The summed E-state index contributed by atoms with van der Waals surface area (Å²) in [7, 11) is 1.03. The zero-order valence-corrected chi connectivity index (χ0v) is 29.5. The van der Waals surface area contributed by atoms with Gasteiger partial charge >= 0.3 is 44.5 Å². The minimum Gasteiger partial charge on any atom is -0.428 e. The van der Waals surface area contributed by atoms with Crippen LogP contribution in [0.15, 0.2) is 29.3 Å². The van der Waals surface area contributed by atoms with Gasteiger partial charge in [0, 0.05) is 38.1 Å². The number of rotatable bonds is 9. The maximum Gasteiger partial charge on any atom is 0.498 e. The Balaban J connectivity index is 0.000000252. The number of halogens is 15. The number of hydrogen-bond donors (Lipinski definition) is 0. The normalized spacial score (nSPS) is 16.3. The molecule has 4 aromatic heterocycles. The maximum absolute atomic E-state index is 13.9. The van der Waals surface area contributed by atoms with Gasteiger partial charge in [-0.25, -0.2) is 18.7 Å². The first-order chi connectivity index (χ1) is 24.4. The van der Waals surface area contributed by atoms with Gasteiger partial charge in [0.05, 0.1) is 21.9 Å². The molecule has 0 N–H and O–H groups in total. The largest absolute Gasteiger partial charge is 0.498 e. The molecule has 300 valence electrons. The summed E-state index contributed by atoms with van der Waals surface area (Å²) in [5, 5.41) is 13.6. The third-order valence-electron chi connectivity index (χ3n) is 7.78. The van der Waals surface area contributed by atoms with E-state index in [9.17, 15) is 61.5 Å². The Hall–Kier alpha value is -4.08. The Morgan fingerprint density at radius 2 is 1.04 bits per heavy atom. The average Bonchev–Trinajstić information content (AvgIpc) is 3.80. The molecule has 12 nitrogen and oxygen atoms in total. The SMILES string of the molecule is Cn1nc(C(F)(F)C(F)(F)F)c(OC(F)F)c1-n1cc(B2OC(C)(C)C(C)(C)O2)cn1.Cn1nc(C(F)(F)C(F)(F)F)c(OC(F)F)c1-n1cc(Br)cn1. The van der Waals surface area contributed by atoms with Crippen molar-refractivity contribution in [3.63, 3.8) is 0 Å². The van der Waals surface area contributed by atoms with Gasteiger partial charge in [0.2, 0.25) is 0 Å². The summed E-state index contributed by atoms with van der Waals surface area (Å²) in [6, 6.07) is 0. The summed E-state index contributed by atoms with van der Waals surface area (Å²) in [4.78, 5) is 0. The molecule has 0 radical (unpaired) electrons. The molecule has 0 saturated carbocycles. The highest BCUT2D eigenvalue weighted by Crippen LogP contribution is 2.49. The maximum atomic E-state index is 13.9. The summed E-state index contributed by atoms with van der Waals surface area (Å²) in [6.07, 6.45) is -7.44. The van der Waals surface area contributed by atoms with Crippen LogP contribution in [0.3, 0.4) is 0 Å². The zero-order valence-electron chi connectivity index (χ0n) is 27.9. The fraction of sp³-hybridized carbons (Fsp3) is 0.538. The molecule has 0 aliphatic carbocycles. The second kappa shape index (κ2) is 14.2. The number of alkyl halides is 14. The number of hydrogen-bond acceptors (Lipinski definition) is 8. The molecule has 0 atom stereocenters. The smallest absolute Gasteiger partial charge is 0.428 e. The molecule has 28 heteroatoms. The van der Waals surface area contributed by atoms with Gasteiger partial charge < -0.3 is 18.8 Å². The first-order valence-corrected chi connectivity index (χ1v) is 15.3. The summed E-state index contributed by atoms with van der Waals surface area (Å²) < 4.78 is 204. The predicted octanol–water partition coefficient (Wildman–Crippen LogP) is 6.78. The van der Waals surface area contributed by atoms with E-state index in [4.69, 9.17) is 9.31 Å². The van der Waals surface area contributed by atoms with Gasteiger partial charge in [-0.1, -0.05) is 0 Å². The van der Waals surface area contributed by atoms with Crippen LogP contribution in [0.4, 0.5) is 61.5 Å². The second-order valence-electron chi connectivity index (χ2n) is 12.1. The third-order valence-corrected chi connectivity index (χ3v) is 8.19. The Morgan fingerprint density at radius 3 is 1.37 bits per heavy atom. The van der Waals surface area contributed by atoms with Crippen LogP contribution in [0.1, 0.15) is 39.1 Å². The van der Waals surface area contributed by atoms with Gasteiger partial charge in [-0.2, -0.15) is 81.9 Å². The molecule has 0 unspecified atom stereocenters. The molecular weight excluding hydrogens is 845 g/mol. The van der Waals surface area contributed by atoms with Gasteiger partial charge in [0.15, 0.2) is 34.5 Å². The molecule has 0 aromatic carbocycles. The van der Waals surface area contributed by atoms with Gasteiger partial charge in [-0.15, -0.1) is 0 Å². The van der Waals surface area contributed by atoms with Crippen molar-refractivity contribution in [1.82, 2.24) is 39.1 Å². The Labute approximate surface area is 302 Å². The van der Waals surface area contributed by atoms with Crippen LogP contribution in [0.2, 0.25) is 0 Å². The van der Waals surface area contributed by atoms with E-state index in [0.29, 0.717) is 13.8 Å². The molecule has 5 rings (SSSR count). The van der Waals surface area contributed by atoms with Gasteiger partial charge in [0.1, 0.15) is 0 Å². The standard InChI is InChI=1S/C16H18BF7N4O3.C10H6BrF7N4O/c1-13(2)14(3,4)31-17(30-13)8-6-25-28(7-8)11-9(29-12(18)19)10(26-27(11)5)15(20,21)16(22,23)24;1-21-7(22-3-4(11)2-19-22)5(23-8(12)13)6(20-21)9(14,15)10(16,17)18/h6-7,12H,1-5H3;2-3,8H,1H3. The molecule has 5 heterocycles. The molecule has 54 heavy (non-hydrogen) atoms. The molecular formula is C26H24BBrF14N8O4. The Bertz CT molecular complexity index is 1940. The molecule has 0 spiro atoms. The van der Waals surface area contributed by atoms with Crippen LogP contribution in [0.5, 0.6) is 11.5 Å². The van der Waals surface area contributed by atoms with E-state index in [1.165, 1.54) is 18.6 Å². The van der Waals surface area contributed by atoms with Gasteiger partial charge in [0.25, 0.3) is 0 Å². The van der Waals surface area contributed by atoms with Gasteiger partial charge in [-0.3, -0.25) is 0 Å². The average molecular weight is 869 g/mol. The van der Waals surface area contributed by atoms with E-state index in [0.717, 1.165) is 29.7 Å². The first-order valence-electron chi connectivity index (χ1n) is 14.5. The second-order valence-corrected chi connectivity index (χ2v) is 13.0. The van der Waals surface area contributed by atoms with E-state index < -0.39 is 90.3 Å². The van der Waals surface area contributed by atoms with Crippen LogP contribution in [-0.2, 0) is 35.2 Å². The van der Waals surface area contributed by atoms with E-state index in [1.54, 1.807) is 27.7 Å². The van der Waals surface area contributed by atoms with Crippen LogP contribution in [0.25, 0.3) is 11.6 Å². The minimum absolute atomic E-state index is 0.270. The van der Waals surface area contributed by atoms with E-state index in [1.807, 2.05) is 0 Å². The highest BCUT2D eigenvalue weighted by Gasteiger charge is 2.64. The van der Waals surface area contributed by atoms with Crippen molar-refractivity contribution >= 4 is 28.5 Å². The quantitative estimate of drug-likeness (QED) is 0.134. The highest BCUT2D eigenvalue weighted by atomic mass is 79.9. The topological polar surface area (TPSA) is 108 Å². The Morgan fingerprint density at radius 1 is 0.667 bits per heavy atom. The molecule has 1 aliphatic heterocycles. The predicted molar refractivity (Wildman–Crippen MR) is 157 cm³/mol. The third kappa shape index (κ3) is 7.99. The summed E-state index contributed by atoms with van der Waals surface area (Å²) in [5.74, 6) is -15.2. The molecule has 1 fully saturated rings. The number of aryl methyl sites for hydroxylation is 2. The van der Waals surface area contributed by atoms with Crippen molar-refractivity contribution in [2.75, 3.05) is 0 Å². The van der Waals surface area contributed by atoms with Crippen molar-refractivity contribution in [2.45, 2.75) is 76.3 Å². The van der Waals surface area contributed by atoms with E-state index in [2.05, 4.69) is 45.8 Å². The van der Waals surface area contributed by atoms with Crippen LogP contribution < -0.4 is 14.9 Å². The fourth-order valence-electron chi connectivity index (χ4n) is 4.54. The first kappa shape index (κ1) is 42.7. The highest BCUT2D eigenvalue weighted by molar-refractivity contribution is 9.10. The fourth-order valence-corrected chi connectivity index (χ4v) is 4.83. The lowest BCUT2D eigenvalue weighted by Gasteiger charge is -2.32. The number of aromatic nitrogens is 8. The summed E-state index contributed by atoms with van der Waals surface area (Å²) in [5.41, 5.74) is -5.16. The lowest BCUT2D eigenvalue weighted by atomic mass is 9.82. The van der Waals surface area contributed by atoms with Crippen LogP contribution >= 0.6 is 15.9 Å².